The number of carboxylic acids is 1. The molecule has 2 fully saturated rings. The van der Waals surface area contributed by atoms with Gasteiger partial charge in [0, 0.05) is 19.3 Å². The van der Waals surface area contributed by atoms with E-state index in [0.717, 1.165) is 44.8 Å². The number of aliphatic carboxylic acids is 1. The Morgan fingerprint density at radius 2 is 2.00 bits per heavy atom. The van der Waals surface area contributed by atoms with E-state index in [1.807, 2.05) is 6.92 Å². The van der Waals surface area contributed by atoms with Crippen LogP contribution in [0.25, 0.3) is 0 Å². The van der Waals surface area contributed by atoms with Crippen LogP contribution >= 0.6 is 0 Å². The summed E-state index contributed by atoms with van der Waals surface area (Å²) in [4.78, 5) is 11.4. The minimum absolute atomic E-state index is 0.426. The quantitative estimate of drug-likeness (QED) is 0.572. The van der Waals surface area contributed by atoms with Crippen LogP contribution in [-0.4, -0.2) is 35.9 Å². The molecule has 0 radical (unpaired) electrons. The molecule has 0 bridgehead atoms. The molecule has 2 N–H and O–H groups in total. The highest BCUT2D eigenvalue weighted by Gasteiger charge is 2.37. The molecule has 0 aromatic rings. The molecule has 116 valence electrons. The summed E-state index contributed by atoms with van der Waals surface area (Å²) in [5.41, 5.74) is -0.757. The van der Waals surface area contributed by atoms with Gasteiger partial charge in [0.05, 0.1) is 0 Å². The number of unbranched alkanes of at least 4 members (excludes halogenated alkanes) is 1. The molecule has 1 atom stereocenters. The fraction of sp³-hybridized carbons (Fsp3) is 0.938. The van der Waals surface area contributed by atoms with Crippen molar-refractivity contribution in [1.29, 1.82) is 0 Å². The predicted molar refractivity (Wildman–Crippen MR) is 78.8 cm³/mol. The van der Waals surface area contributed by atoms with E-state index in [0.29, 0.717) is 12.5 Å². The van der Waals surface area contributed by atoms with E-state index in [9.17, 15) is 9.90 Å². The van der Waals surface area contributed by atoms with E-state index in [1.165, 1.54) is 25.7 Å². The van der Waals surface area contributed by atoms with E-state index in [4.69, 9.17) is 4.74 Å². The van der Waals surface area contributed by atoms with Crippen molar-refractivity contribution in [2.75, 3.05) is 13.2 Å². The first kappa shape index (κ1) is 15.8. The van der Waals surface area contributed by atoms with Crippen LogP contribution in [0.15, 0.2) is 0 Å². The SMILES string of the molecule is CC(CCCCOCCC1CCC1)(NC1CC1)C(=O)O. The molecule has 0 spiro atoms. The lowest BCUT2D eigenvalue weighted by molar-refractivity contribution is -0.144. The molecule has 1 unspecified atom stereocenters. The van der Waals surface area contributed by atoms with Crippen molar-refractivity contribution in [3.8, 4) is 0 Å². The van der Waals surface area contributed by atoms with Gasteiger partial charge in [-0.3, -0.25) is 10.1 Å². The van der Waals surface area contributed by atoms with Gasteiger partial charge in [0.25, 0.3) is 0 Å². The van der Waals surface area contributed by atoms with Gasteiger partial charge in [0.2, 0.25) is 0 Å². The highest BCUT2D eigenvalue weighted by molar-refractivity contribution is 5.78. The predicted octanol–water partition coefficient (Wildman–Crippen LogP) is 2.96. The number of hydrogen-bond acceptors (Lipinski definition) is 3. The molecule has 0 aromatic carbocycles. The van der Waals surface area contributed by atoms with E-state index < -0.39 is 11.5 Å². The first-order chi connectivity index (χ1) is 9.60. The fourth-order valence-corrected chi connectivity index (χ4v) is 2.74. The maximum atomic E-state index is 11.4. The van der Waals surface area contributed by atoms with Gasteiger partial charge in [0.15, 0.2) is 0 Å². The third kappa shape index (κ3) is 5.06. The first-order valence-electron chi connectivity index (χ1n) is 8.19. The molecule has 0 aromatic heterocycles. The number of hydrogen-bond donors (Lipinski definition) is 2. The van der Waals surface area contributed by atoms with Crippen molar-refractivity contribution in [2.24, 2.45) is 5.92 Å². The largest absolute Gasteiger partial charge is 0.480 e. The minimum atomic E-state index is -0.757. The molecule has 2 rings (SSSR count). The highest BCUT2D eigenvalue weighted by Crippen LogP contribution is 2.29. The molecule has 2 saturated carbocycles. The number of nitrogens with one attached hydrogen (secondary N) is 1. The second kappa shape index (κ2) is 7.41. The lowest BCUT2D eigenvalue weighted by Crippen LogP contribution is -2.50. The molecule has 0 heterocycles. The smallest absolute Gasteiger partial charge is 0.323 e. The fourth-order valence-electron chi connectivity index (χ4n) is 2.74. The Morgan fingerprint density at radius 3 is 2.55 bits per heavy atom. The standard InChI is InChI=1S/C16H29NO3/c1-16(15(18)19,17-14-7-8-14)10-2-3-11-20-12-9-13-5-4-6-13/h13-14,17H,2-12H2,1H3,(H,18,19). The van der Waals surface area contributed by atoms with Crippen molar-refractivity contribution < 1.29 is 14.6 Å². The van der Waals surface area contributed by atoms with Gasteiger partial charge in [-0.1, -0.05) is 19.3 Å². The number of carboxylic acid groups (broad SMARTS) is 1. The van der Waals surface area contributed by atoms with Crippen LogP contribution in [0.3, 0.4) is 0 Å². The van der Waals surface area contributed by atoms with Crippen LogP contribution < -0.4 is 5.32 Å². The molecule has 0 aliphatic heterocycles. The summed E-state index contributed by atoms with van der Waals surface area (Å²) in [7, 11) is 0. The zero-order valence-corrected chi connectivity index (χ0v) is 12.7. The lowest BCUT2D eigenvalue weighted by atomic mass is 9.83. The zero-order chi connectivity index (χ0) is 14.4. The average Bonchev–Trinajstić information content (AvgIpc) is 3.13. The number of ether oxygens (including phenoxy) is 1. The molecule has 4 heteroatoms. The highest BCUT2D eigenvalue weighted by atomic mass is 16.5. The topological polar surface area (TPSA) is 58.6 Å². The molecule has 2 aliphatic carbocycles. The summed E-state index contributed by atoms with van der Waals surface area (Å²) in [5, 5.41) is 12.6. The van der Waals surface area contributed by atoms with Gasteiger partial charge in [0.1, 0.15) is 5.54 Å². The summed E-state index contributed by atoms with van der Waals surface area (Å²) < 4.78 is 5.64. The van der Waals surface area contributed by atoms with E-state index >= 15 is 0 Å². The van der Waals surface area contributed by atoms with Crippen molar-refractivity contribution in [3.05, 3.63) is 0 Å². The number of carbonyl (C=O) groups is 1. The van der Waals surface area contributed by atoms with Crippen molar-refractivity contribution in [2.45, 2.75) is 76.3 Å². The van der Waals surface area contributed by atoms with E-state index in [1.54, 1.807) is 0 Å². The van der Waals surface area contributed by atoms with Crippen molar-refractivity contribution >= 4 is 5.97 Å². The molecule has 0 amide bonds. The summed E-state index contributed by atoms with van der Waals surface area (Å²) in [6.07, 6.45) is 10.2. The van der Waals surface area contributed by atoms with Crippen LogP contribution in [0.2, 0.25) is 0 Å². The van der Waals surface area contributed by atoms with Gasteiger partial charge >= 0.3 is 5.97 Å². The summed E-state index contributed by atoms with van der Waals surface area (Å²) in [5.74, 6) is 0.184. The Hall–Kier alpha value is -0.610. The molecule has 0 saturated heterocycles. The van der Waals surface area contributed by atoms with Crippen LogP contribution in [-0.2, 0) is 9.53 Å². The van der Waals surface area contributed by atoms with Crippen LogP contribution in [0.4, 0.5) is 0 Å². The van der Waals surface area contributed by atoms with Gasteiger partial charge in [-0.05, 0) is 51.4 Å². The monoisotopic (exact) mass is 283 g/mol. The molecular weight excluding hydrogens is 254 g/mol. The van der Waals surface area contributed by atoms with Crippen LogP contribution in [0, 0.1) is 5.92 Å². The van der Waals surface area contributed by atoms with Crippen LogP contribution in [0.1, 0.15) is 64.7 Å². The summed E-state index contributed by atoms with van der Waals surface area (Å²) in [6.45, 7) is 3.46. The zero-order valence-electron chi connectivity index (χ0n) is 12.7. The summed E-state index contributed by atoms with van der Waals surface area (Å²) in [6, 6.07) is 0.426. The molecule has 2 aliphatic rings. The van der Waals surface area contributed by atoms with Gasteiger partial charge in [-0.25, -0.2) is 0 Å². The Morgan fingerprint density at radius 1 is 1.25 bits per heavy atom. The second-order valence-electron chi connectivity index (χ2n) is 6.71. The van der Waals surface area contributed by atoms with Gasteiger partial charge < -0.3 is 9.84 Å². The van der Waals surface area contributed by atoms with Crippen molar-refractivity contribution in [1.82, 2.24) is 5.32 Å². The first-order valence-corrected chi connectivity index (χ1v) is 8.19. The Kier molecular flexibility index (Phi) is 5.85. The van der Waals surface area contributed by atoms with E-state index in [2.05, 4.69) is 5.32 Å². The average molecular weight is 283 g/mol. The molecular formula is C16H29NO3. The van der Waals surface area contributed by atoms with Crippen LogP contribution in [0.5, 0.6) is 0 Å². The van der Waals surface area contributed by atoms with E-state index in [-0.39, 0.29) is 0 Å². The molecule has 20 heavy (non-hydrogen) atoms. The van der Waals surface area contributed by atoms with Gasteiger partial charge in [-0.2, -0.15) is 0 Å². The van der Waals surface area contributed by atoms with Crippen molar-refractivity contribution in [3.63, 3.8) is 0 Å². The third-order valence-electron chi connectivity index (χ3n) is 4.68. The minimum Gasteiger partial charge on any atom is -0.480 e. The number of rotatable bonds is 11. The maximum Gasteiger partial charge on any atom is 0.323 e. The Labute approximate surface area is 122 Å². The summed E-state index contributed by atoms with van der Waals surface area (Å²) >= 11 is 0. The maximum absolute atomic E-state index is 11.4. The van der Waals surface area contributed by atoms with Gasteiger partial charge in [-0.15, -0.1) is 0 Å². The lowest BCUT2D eigenvalue weighted by Gasteiger charge is -2.26. The normalized spacial score (nSPS) is 22.2. The third-order valence-corrected chi connectivity index (χ3v) is 4.68. The Bertz CT molecular complexity index is 313. The molecule has 4 nitrogen and oxygen atoms in total. The Balaban J connectivity index is 1.50. The second-order valence-corrected chi connectivity index (χ2v) is 6.71.